The number of amides is 1. The number of ether oxygens (including phenoxy) is 1. The first-order chi connectivity index (χ1) is 13.6. The van der Waals surface area contributed by atoms with Crippen molar-refractivity contribution in [1.29, 1.82) is 0 Å². The number of hydrogen-bond acceptors (Lipinski definition) is 4. The van der Waals surface area contributed by atoms with E-state index < -0.39 is 5.97 Å². The predicted octanol–water partition coefficient (Wildman–Crippen LogP) is 3.65. The molecule has 1 unspecified atom stereocenters. The van der Waals surface area contributed by atoms with Gasteiger partial charge in [0.2, 0.25) is 0 Å². The molecule has 0 radical (unpaired) electrons. The highest BCUT2D eigenvalue weighted by atomic mass is 16.5. The van der Waals surface area contributed by atoms with Gasteiger partial charge in [-0.25, -0.2) is 4.79 Å². The van der Waals surface area contributed by atoms with Crippen LogP contribution in [0, 0.1) is 0 Å². The van der Waals surface area contributed by atoms with Gasteiger partial charge in [0.05, 0.1) is 11.6 Å². The highest BCUT2D eigenvalue weighted by Gasteiger charge is 2.17. The zero-order chi connectivity index (χ0) is 19.8. The standard InChI is InChI=1S/C23H21NO4/c25-20-13-11-19(12-14-20)23(27)28-16-22(26)24-21(18-9-5-2-6-10-18)15-17-7-3-1-4-8-17/h1-14,21,25H,15-16H2,(H,24,26). The Kier molecular flexibility index (Phi) is 6.41. The summed E-state index contributed by atoms with van der Waals surface area (Å²) in [7, 11) is 0. The number of rotatable bonds is 7. The van der Waals surface area contributed by atoms with Gasteiger partial charge in [-0.15, -0.1) is 0 Å². The van der Waals surface area contributed by atoms with Crippen molar-refractivity contribution >= 4 is 11.9 Å². The quantitative estimate of drug-likeness (QED) is 0.618. The van der Waals surface area contributed by atoms with E-state index in [1.54, 1.807) is 0 Å². The second-order valence-electron chi connectivity index (χ2n) is 6.34. The number of phenols is 1. The van der Waals surface area contributed by atoms with Crippen LogP contribution < -0.4 is 5.32 Å². The van der Waals surface area contributed by atoms with Crippen LogP contribution in [0.1, 0.15) is 27.5 Å². The third kappa shape index (κ3) is 5.45. The van der Waals surface area contributed by atoms with Crippen molar-refractivity contribution in [2.45, 2.75) is 12.5 Å². The van der Waals surface area contributed by atoms with E-state index in [-0.39, 0.29) is 29.9 Å². The van der Waals surface area contributed by atoms with Gasteiger partial charge in [0.1, 0.15) is 5.75 Å². The lowest BCUT2D eigenvalue weighted by Crippen LogP contribution is -2.33. The largest absolute Gasteiger partial charge is 0.508 e. The molecule has 0 aliphatic carbocycles. The molecule has 0 aromatic heterocycles. The van der Waals surface area contributed by atoms with Crippen LogP contribution >= 0.6 is 0 Å². The maximum Gasteiger partial charge on any atom is 0.338 e. The number of esters is 1. The van der Waals surface area contributed by atoms with Gasteiger partial charge in [0.15, 0.2) is 6.61 Å². The lowest BCUT2D eigenvalue weighted by Gasteiger charge is -2.19. The number of hydrogen-bond donors (Lipinski definition) is 2. The fourth-order valence-electron chi connectivity index (χ4n) is 2.84. The summed E-state index contributed by atoms with van der Waals surface area (Å²) in [6, 6.07) is 25.0. The molecule has 3 aromatic carbocycles. The Morgan fingerprint density at radius 3 is 2.11 bits per heavy atom. The maximum absolute atomic E-state index is 12.4. The van der Waals surface area contributed by atoms with Gasteiger partial charge in [-0.3, -0.25) is 4.79 Å². The third-order valence-corrected chi connectivity index (χ3v) is 4.26. The average molecular weight is 375 g/mol. The number of aromatic hydroxyl groups is 1. The summed E-state index contributed by atoms with van der Waals surface area (Å²) < 4.78 is 5.08. The molecule has 3 aromatic rings. The van der Waals surface area contributed by atoms with E-state index in [0.717, 1.165) is 11.1 Å². The highest BCUT2D eigenvalue weighted by Crippen LogP contribution is 2.18. The van der Waals surface area contributed by atoms with Crippen LogP contribution in [-0.4, -0.2) is 23.6 Å². The molecule has 5 nitrogen and oxygen atoms in total. The van der Waals surface area contributed by atoms with Crippen LogP contribution in [0.2, 0.25) is 0 Å². The van der Waals surface area contributed by atoms with Gasteiger partial charge in [-0.2, -0.15) is 0 Å². The first-order valence-electron chi connectivity index (χ1n) is 8.96. The molecule has 0 spiro atoms. The minimum Gasteiger partial charge on any atom is -0.508 e. The van der Waals surface area contributed by atoms with Gasteiger partial charge < -0.3 is 15.2 Å². The third-order valence-electron chi connectivity index (χ3n) is 4.26. The van der Waals surface area contributed by atoms with E-state index in [1.165, 1.54) is 24.3 Å². The summed E-state index contributed by atoms with van der Waals surface area (Å²) >= 11 is 0. The first-order valence-corrected chi connectivity index (χ1v) is 8.96. The molecule has 0 bridgehead atoms. The van der Waals surface area contributed by atoms with Crippen LogP contribution in [0.5, 0.6) is 5.75 Å². The Bertz CT molecular complexity index is 908. The van der Waals surface area contributed by atoms with Gasteiger partial charge in [-0.05, 0) is 41.8 Å². The van der Waals surface area contributed by atoms with E-state index in [9.17, 15) is 14.7 Å². The van der Waals surface area contributed by atoms with Crippen LogP contribution in [0.15, 0.2) is 84.9 Å². The summed E-state index contributed by atoms with van der Waals surface area (Å²) in [5, 5.41) is 12.2. The molecule has 0 aliphatic heterocycles. The Morgan fingerprint density at radius 2 is 1.46 bits per heavy atom. The molecule has 28 heavy (non-hydrogen) atoms. The molecule has 0 aliphatic rings. The lowest BCUT2D eigenvalue weighted by molar-refractivity contribution is -0.125. The number of benzene rings is 3. The molecule has 1 atom stereocenters. The molecule has 1 amide bonds. The molecule has 142 valence electrons. The zero-order valence-electron chi connectivity index (χ0n) is 15.2. The highest BCUT2D eigenvalue weighted by molar-refractivity contribution is 5.91. The summed E-state index contributed by atoms with van der Waals surface area (Å²) in [5.41, 5.74) is 2.34. The number of carbonyl (C=O) groups is 2. The van der Waals surface area contributed by atoms with Crippen molar-refractivity contribution in [2.24, 2.45) is 0 Å². The second kappa shape index (κ2) is 9.37. The van der Waals surface area contributed by atoms with Gasteiger partial charge in [0.25, 0.3) is 5.91 Å². The smallest absolute Gasteiger partial charge is 0.338 e. The van der Waals surface area contributed by atoms with E-state index >= 15 is 0 Å². The summed E-state index contributed by atoms with van der Waals surface area (Å²) in [6.45, 7) is -0.377. The van der Waals surface area contributed by atoms with Crippen LogP contribution in [0.4, 0.5) is 0 Å². The monoisotopic (exact) mass is 375 g/mol. The normalized spacial score (nSPS) is 11.4. The topological polar surface area (TPSA) is 75.6 Å². The van der Waals surface area contributed by atoms with E-state index in [4.69, 9.17) is 4.74 Å². The number of nitrogens with one attached hydrogen (secondary N) is 1. The van der Waals surface area contributed by atoms with Crippen molar-refractivity contribution in [3.63, 3.8) is 0 Å². The fourth-order valence-corrected chi connectivity index (χ4v) is 2.84. The number of carbonyl (C=O) groups excluding carboxylic acids is 2. The van der Waals surface area contributed by atoms with E-state index in [2.05, 4.69) is 5.32 Å². The Morgan fingerprint density at radius 1 is 0.857 bits per heavy atom. The minimum atomic E-state index is -0.616. The Labute approximate surface area is 163 Å². The second-order valence-corrected chi connectivity index (χ2v) is 6.34. The van der Waals surface area contributed by atoms with Gasteiger partial charge >= 0.3 is 5.97 Å². The molecule has 3 rings (SSSR count). The SMILES string of the molecule is O=C(COC(=O)c1ccc(O)cc1)NC(Cc1ccccc1)c1ccccc1. The molecule has 5 heteroatoms. The van der Waals surface area contributed by atoms with Gasteiger partial charge in [-0.1, -0.05) is 60.7 Å². The van der Waals surface area contributed by atoms with Crippen LogP contribution in [0.25, 0.3) is 0 Å². The van der Waals surface area contributed by atoms with Crippen molar-refractivity contribution in [2.75, 3.05) is 6.61 Å². The molecular weight excluding hydrogens is 354 g/mol. The lowest BCUT2D eigenvalue weighted by atomic mass is 9.99. The Hall–Kier alpha value is -3.60. The molecule has 2 N–H and O–H groups in total. The predicted molar refractivity (Wildman–Crippen MR) is 106 cm³/mol. The molecular formula is C23H21NO4. The Balaban J connectivity index is 1.62. The van der Waals surface area contributed by atoms with Gasteiger partial charge in [0, 0.05) is 0 Å². The minimum absolute atomic E-state index is 0.0564. The fraction of sp³-hybridized carbons (Fsp3) is 0.130. The first kappa shape index (κ1) is 19.2. The number of phenolic OH excluding ortho intramolecular Hbond substituents is 1. The molecule has 0 saturated heterocycles. The molecule has 0 fully saturated rings. The molecule has 0 heterocycles. The van der Waals surface area contributed by atoms with E-state index in [1.807, 2.05) is 60.7 Å². The summed E-state index contributed by atoms with van der Waals surface area (Å²) in [4.78, 5) is 24.4. The van der Waals surface area contributed by atoms with Crippen molar-refractivity contribution < 1.29 is 19.4 Å². The molecule has 0 saturated carbocycles. The summed E-state index contributed by atoms with van der Waals surface area (Å²) in [5.74, 6) is -0.938. The average Bonchev–Trinajstić information content (AvgIpc) is 2.73. The zero-order valence-corrected chi connectivity index (χ0v) is 15.2. The summed E-state index contributed by atoms with van der Waals surface area (Å²) in [6.07, 6.45) is 0.627. The van der Waals surface area contributed by atoms with Crippen LogP contribution in [0.3, 0.4) is 0 Å². The van der Waals surface area contributed by atoms with Crippen molar-refractivity contribution in [1.82, 2.24) is 5.32 Å². The van der Waals surface area contributed by atoms with E-state index in [0.29, 0.717) is 6.42 Å². The maximum atomic E-state index is 12.4. The van der Waals surface area contributed by atoms with Crippen molar-refractivity contribution in [3.05, 3.63) is 102 Å². The van der Waals surface area contributed by atoms with Crippen LogP contribution in [-0.2, 0) is 16.0 Å². The van der Waals surface area contributed by atoms with Crippen molar-refractivity contribution in [3.8, 4) is 5.75 Å².